The molecule has 0 bridgehead atoms. The number of hydrogen-bond donors (Lipinski definition) is 1. The quantitative estimate of drug-likeness (QED) is 0.582. The molecule has 0 saturated heterocycles. The highest BCUT2D eigenvalue weighted by Crippen LogP contribution is 2.32. The Morgan fingerprint density at radius 3 is 2.50 bits per heavy atom. The lowest BCUT2D eigenvalue weighted by Crippen LogP contribution is -2.23. The first-order valence-corrected chi connectivity index (χ1v) is 9.95. The van der Waals surface area contributed by atoms with Gasteiger partial charge in [0.2, 0.25) is 5.91 Å². The summed E-state index contributed by atoms with van der Waals surface area (Å²) in [6, 6.07) is 18.4. The summed E-state index contributed by atoms with van der Waals surface area (Å²) in [7, 11) is 0. The van der Waals surface area contributed by atoms with Crippen LogP contribution in [-0.2, 0) is 4.79 Å². The summed E-state index contributed by atoms with van der Waals surface area (Å²) in [4.78, 5) is 12.3. The summed E-state index contributed by atoms with van der Waals surface area (Å²) in [5.41, 5.74) is 0. The lowest BCUT2D eigenvalue weighted by atomic mass is 10.1. The fourth-order valence-electron chi connectivity index (χ4n) is 2.56. The van der Waals surface area contributed by atoms with Gasteiger partial charge in [-0.2, -0.15) is 0 Å². The van der Waals surface area contributed by atoms with E-state index in [1.165, 1.54) is 18.2 Å². The molecular formula is C22H27NO2S. The smallest absolute Gasteiger partial charge is 0.216 e. The molecular weight excluding hydrogens is 342 g/mol. The van der Waals surface area contributed by atoms with E-state index in [0.717, 1.165) is 22.9 Å². The largest absolute Gasteiger partial charge is 0.484 e. The molecule has 1 amide bonds. The van der Waals surface area contributed by atoms with Crippen molar-refractivity contribution in [2.75, 3.05) is 6.54 Å². The second-order valence-corrected chi connectivity index (χ2v) is 7.06. The third-order valence-corrected chi connectivity index (χ3v) is 4.62. The number of thiophene rings is 1. The van der Waals surface area contributed by atoms with Crippen LogP contribution < -0.4 is 10.1 Å². The monoisotopic (exact) mass is 369 g/mol. The zero-order valence-electron chi connectivity index (χ0n) is 15.7. The number of fused-ring (bicyclic) bond motifs is 1. The van der Waals surface area contributed by atoms with Crippen LogP contribution in [0.2, 0.25) is 0 Å². The Hall–Kier alpha value is -2.33. The summed E-state index contributed by atoms with van der Waals surface area (Å²) in [6.07, 6.45) is 1.93. The number of nitrogens with one attached hydrogen (secondary N) is 1. The minimum Gasteiger partial charge on any atom is -0.484 e. The van der Waals surface area contributed by atoms with Gasteiger partial charge in [-0.1, -0.05) is 62.7 Å². The molecule has 0 radical (unpaired) electrons. The number of carbonyl (C=O) groups excluding carboxylic acids is 1. The number of carbonyl (C=O) groups is 1. The Kier molecular flexibility index (Phi) is 8.16. The molecule has 3 nitrogen and oxygen atoms in total. The minimum atomic E-state index is -0.0624. The van der Waals surface area contributed by atoms with E-state index >= 15 is 0 Å². The van der Waals surface area contributed by atoms with Gasteiger partial charge in [-0.15, -0.1) is 11.3 Å². The molecule has 0 aliphatic rings. The zero-order valence-corrected chi connectivity index (χ0v) is 16.5. The molecule has 0 saturated carbocycles. The van der Waals surface area contributed by atoms with Crippen molar-refractivity contribution in [2.45, 2.75) is 39.7 Å². The first kappa shape index (κ1) is 20.0. The Labute approximate surface area is 160 Å². The number of benzene rings is 2. The van der Waals surface area contributed by atoms with E-state index in [4.69, 9.17) is 4.74 Å². The molecule has 3 aromatic rings. The van der Waals surface area contributed by atoms with Gasteiger partial charge in [0.15, 0.2) is 0 Å². The SMILES string of the molecule is CC(=O)NCC[C@H](Oc1cccc2ccccc12)c1cccs1.CCC. The average molecular weight is 370 g/mol. The van der Waals surface area contributed by atoms with Crippen molar-refractivity contribution in [2.24, 2.45) is 0 Å². The standard InChI is InChI=1S/C19H19NO2S.C3H8/c1-14(21)20-12-11-18(19-10-5-13-23-19)22-17-9-4-7-15-6-2-3-8-16(15)17;1-3-2/h2-10,13,18H,11-12H2,1H3,(H,20,21);3H2,1-2H3/t18-;/m0./s1. The maximum absolute atomic E-state index is 11.1. The van der Waals surface area contributed by atoms with Gasteiger partial charge in [-0.3, -0.25) is 4.79 Å². The second-order valence-electron chi connectivity index (χ2n) is 6.08. The first-order chi connectivity index (χ1) is 12.7. The molecule has 26 heavy (non-hydrogen) atoms. The van der Waals surface area contributed by atoms with Crippen LogP contribution in [0, 0.1) is 0 Å². The summed E-state index contributed by atoms with van der Waals surface area (Å²) in [6.45, 7) is 6.38. The average Bonchev–Trinajstić information content (AvgIpc) is 3.16. The van der Waals surface area contributed by atoms with Gasteiger partial charge in [0.05, 0.1) is 0 Å². The van der Waals surface area contributed by atoms with Crippen molar-refractivity contribution >= 4 is 28.0 Å². The maximum atomic E-state index is 11.1. The molecule has 0 fully saturated rings. The van der Waals surface area contributed by atoms with Crippen LogP contribution in [0.15, 0.2) is 60.0 Å². The molecule has 2 aromatic carbocycles. The summed E-state index contributed by atoms with van der Waals surface area (Å²) in [5, 5.41) is 7.17. The molecule has 4 heteroatoms. The van der Waals surface area contributed by atoms with Gasteiger partial charge in [-0.25, -0.2) is 0 Å². The van der Waals surface area contributed by atoms with Crippen LogP contribution in [0.5, 0.6) is 5.75 Å². The Bertz CT molecular complexity index is 794. The zero-order chi connectivity index (χ0) is 18.8. The molecule has 1 aromatic heterocycles. The van der Waals surface area contributed by atoms with E-state index in [0.29, 0.717) is 6.54 Å². The lowest BCUT2D eigenvalue weighted by molar-refractivity contribution is -0.119. The summed E-state index contributed by atoms with van der Waals surface area (Å²) >= 11 is 1.68. The van der Waals surface area contributed by atoms with Crippen LogP contribution in [0.4, 0.5) is 0 Å². The maximum Gasteiger partial charge on any atom is 0.216 e. The van der Waals surface area contributed by atoms with Crippen molar-refractivity contribution in [1.29, 1.82) is 0 Å². The molecule has 1 heterocycles. The van der Waals surface area contributed by atoms with Gasteiger partial charge < -0.3 is 10.1 Å². The Morgan fingerprint density at radius 1 is 1.08 bits per heavy atom. The van der Waals surface area contributed by atoms with Crippen molar-refractivity contribution < 1.29 is 9.53 Å². The normalized spacial score (nSPS) is 11.3. The first-order valence-electron chi connectivity index (χ1n) is 9.08. The van der Waals surface area contributed by atoms with E-state index in [2.05, 4.69) is 43.4 Å². The highest BCUT2D eigenvalue weighted by Gasteiger charge is 2.16. The molecule has 138 valence electrons. The van der Waals surface area contributed by atoms with E-state index in [1.807, 2.05) is 35.7 Å². The fourth-order valence-corrected chi connectivity index (χ4v) is 3.35. The predicted molar refractivity (Wildman–Crippen MR) is 111 cm³/mol. The lowest BCUT2D eigenvalue weighted by Gasteiger charge is -2.19. The molecule has 0 spiro atoms. The highest BCUT2D eigenvalue weighted by atomic mass is 32.1. The van der Waals surface area contributed by atoms with Crippen LogP contribution in [-0.4, -0.2) is 12.5 Å². The minimum absolute atomic E-state index is 0.0138. The van der Waals surface area contributed by atoms with Crippen LogP contribution in [0.1, 0.15) is 44.6 Å². The Morgan fingerprint density at radius 2 is 1.81 bits per heavy atom. The van der Waals surface area contributed by atoms with Gasteiger partial charge >= 0.3 is 0 Å². The van der Waals surface area contributed by atoms with Crippen molar-refractivity contribution in [3.05, 3.63) is 64.9 Å². The fraction of sp³-hybridized carbons (Fsp3) is 0.318. The summed E-state index contributed by atoms with van der Waals surface area (Å²) < 4.78 is 6.31. The third kappa shape index (κ3) is 5.88. The molecule has 1 N–H and O–H groups in total. The molecule has 0 aliphatic carbocycles. The van der Waals surface area contributed by atoms with Gasteiger partial charge in [0.25, 0.3) is 0 Å². The van der Waals surface area contributed by atoms with Gasteiger partial charge in [-0.05, 0) is 22.9 Å². The van der Waals surface area contributed by atoms with Crippen LogP contribution in [0.3, 0.4) is 0 Å². The summed E-state index contributed by atoms with van der Waals surface area (Å²) in [5.74, 6) is 0.865. The third-order valence-electron chi connectivity index (χ3n) is 3.66. The molecule has 0 unspecified atom stereocenters. The number of ether oxygens (including phenoxy) is 1. The van der Waals surface area contributed by atoms with Crippen LogP contribution >= 0.6 is 11.3 Å². The molecule has 1 atom stereocenters. The molecule has 3 rings (SSSR count). The van der Waals surface area contributed by atoms with Gasteiger partial charge in [0, 0.05) is 30.2 Å². The topological polar surface area (TPSA) is 38.3 Å². The van der Waals surface area contributed by atoms with Crippen molar-refractivity contribution in [3.63, 3.8) is 0 Å². The van der Waals surface area contributed by atoms with E-state index in [9.17, 15) is 4.79 Å². The number of rotatable bonds is 6. The van der Waals surface area contributed by atoms with Crippen molar-refractivity contribution in [1.82, 2.24) is 5.32 Å². The Balaban J connectivity index is 0.000000758. The van der Waals surface area contributed by atoms with Gasteiger partial charge in [0.1, 0.15) is 11.9 Å². The van der Waals surface area contributed by atoms with Crippen molar-refractivity contribution in [3.8, 4) is 5.75 Å². The second kappa shape index (κ2) is 10.6. The van der Waals surface area contributed by atoms with E-state index in [-0.39, 0.29) is 12.0 Å². The van der Waals surface area contributed by atoms with E-state index in [1.54, 1.807) is 11.3 Å². The molecule has 0 aliphatic heterocycles. The predicted octanol–water partition coefficient (Wildman–Crippen LogP) is 5.96. The number of hydrogen-bond acceptors (Lipinski definition) is 3. The van der Waals surface area contributed by atoms with Crippen LogP contribution in [0.25, 0.3) is 10.8 Å². The highest BCUT2D eigenvalue weighted by molar-refractivity contribution is 7.10. The van der Waals surface area contributed by atoms with E-state index < -0.39 is 0 Å². The number of amides is 1.